The molecule has 33 heavy (non-hydrogen) atoms. The average Bonchev–Trinajstić information content (AvgIpc) is 3.69. The summed E-state index contributed by atoms with van der Waals surface area (Å²) >= 11 is 0. The van der Waals surface area contributed by atoms with Gasteiger partial charge < -0.3 is 19.7 Å². The maximum Gasteiger partial charge on any atom is 0.133 e. The molecular weight excluding hydrogens is 410 g/mol. The summed E-state index contributed by atoms with van der Waals surface area (Å²) in [5.74, 6) is 2.55. The van der Waals surface area contributed by atoms with Gasteiger partial charge in [-0.25, -0.2) is 0 Å². The number of nitrogens with zero attached hydrogens (tertiary/aromatic N) is 1. The van der Waals surface area contributed by atoms with Gasteiger partial charge in [-0.05, 0) is 92.8 Å². The second-order valence-corrected chi connectivity index (χ2v) is 9.99. The monoisotopic (exact) mass is 449 g/mol. The van der Waals surface area contributed by atoms with E-state index in [1.807, 2.05) is 7.11 Å². The molecule has 1 aliphatic carbocycles. The van der Waals surface area contributed by atoms with Crippen LogP contribution < -0.4 is 20.3 Å². The Hall–Kier alpha value is -2.08. The highest BCUT2D eigenvalue weighted by atomic mass is 16.5. The van der Waals surface area contributed by atoms with Gasteiger partial charge >= 0.3 is 0 Å². The fourth-order valence-electron chi connectivity index (χ4n) is 5.19. The number of aryl methyl sites for hydroxylation is 1. The number of anilines is 1. The predicted octanol–water partition coefficient (Wildman–Crippen LogP) is 4.66. The molecule has 1 unspecified atom stereocenters. The van der Waals surface area contributed by atoms with Gasteiger partial charge in [-0.15, -0.1) is 0 Å². The van der Waals surface area contributed by atoms with E-state index in [4.69, 9.17) is 9.47 Å². The number of methoxy groups -OCH3 is 1. The van der Waals surface area contributed by atoms with Crippen LogP contribution in [0.3, 0.4) is 0 Å². The molecule has 0 spiro atoms. The molecule has 5 heteroatoms. The number of para-hydroxylation sites is 1. The van der Waals surface area contributed by atoms with Gasteiger partial charge in [0, 0.05) is 38.0 Å². The van der Waals surface area contributed by atoms with Crippen molar-refractivity contribution in [3.8, 4) is 5.75 Å². The van der Waals surface area contributed by atoms with Crippen LogP contribution in [0.5, 0.6) is 5.75 Å². The minimum Gasteiger partial charge on any atom is -0.493 e. The number of fused-ring (bicyclic) bond motifs is 1. The van der Waals surface area contributed by atoms with Crippen LogP contribution in [-0.4, -0.2) is 39.9 Å². The van der Waals surface area contributed by atoms with Crippen LogP contribution in [0.2, 0.25) is 0 Å². The van der Waals surface area contributed by atoms with Crippen LogP contribution in [-0.2, 0) is 17.7 Å². The molecule has 0 radical (unpaired) electrons. The lowest BCUT2D eigenvalue weighted by Crippen LogP contribution is -2.35. The molecule has 5 nitrogen and oxygen atoms in total. The Labute approximate surface area is 198 Å². The van der Waals surface area contributed by atoms with E-state index in [0.717, 1.165) is 63.3 Å². The van der Waals surface area contributed by atoms with E-state index in [0.29, 0.717) is 0 Å². The van der Waals surface area contributed by atoms with Crippen LogP contribution in [0.1, 0.15) is 55.0 Å². The van der Waals surface area contributed by atoms with Gasteiger partial charge in [0.1, 0.15) is 12.0 Å². The maximum atomic E-state index is 6.18. The molecule has 0 amide bonds. The molecule has 5 rings (SSSR count). The standard InChI is InChI=1S/C28H39N3O2/c1-32-28(30-18-21-12-14-29-15-13-21)24-10-11-26-23(17-24)6-4-16-31(26)19-25-5-2-3-7-27(25)33-20-22-8-9-22/h2-3,5,7,10-11,17,21-22,28-30H,4,6,8-9,12-16,18-20H2,1H3. The molecule has 1 atom stereocenters. The Kier molecular flexibility index (Phi) is 7.50. The minimum atomic E-state index is -0.0443. The van der Waals surface area contributed by atoms with Crippen LogP contribution in [0, 0.1) is 11.8 Å². The second-order valence-electron chi connectivity index (χ2n) is 9.99. The first-order valence-corrected chi connectivity index (χ1v) is 12.9. The van der Waals surface area contributed by atoms with Gasteiger partial charge in [-0.2, -0.15) is 0 Å². The van der Waals surface area contributed by atoms with Gasteiger partial charge in [0.25, 0.3) is 0 Å². The summed E-state index contributed by atoms with van der Waals surface area (Å²) in [4.78, 5) is 2.52. The summed E-state index contributed by atoms with van der Waals surface area (Å²) < 4.78 is 12.0. The Bertz CT molecular complexity index is 908. The van der Waals surface area contributed by atoms with Crippen LogP contribution in [0.25, 0.3) is 0 Å². The normalized spacial score (nSPS) is 19.8. The lowest BCUT2D eigenvalue weighted by atomic mass is 9.96. The summed E-state index contributed by atoms with van der Waals surface area (Å²) in [6.07, 6.45) is 7.39. The number of piperidine rings is 1. The van der Waals surface area contributed by atoms with Gasteiger partial charge in [0.05, 0.1) is 6.61 Å². The third kappa shape index (κ3) is 5.89. The maximum absolute atomic E-state index is 6.18. The number of ether oxygens (including phenoxy) is 2. The highest BCUT2D eigenvalue weighted by Crippen LogP contribution is 2.34. The van der Waals surface area contributed by atoms with E-state index < -0.39 is 0 Å². The Morgan fingerprint density at radius 2 is 1.91 bits per heavy atom. The molecule has 2 fully saturated rings. The molecule has 178 valence electrons. The number of hydrogen-bond acceptors (Lipinski definition) is 5. The van der Waals surface area contributed by atoms with Crippen LogP contribution >= 0.6 is 0 Å². The fourth-order valence-corrected chi connectivity index (χ4v) is 5.19. The fraction of sp³-hybridized carbons (Fsp3) is 0.571. The van der Waals surface area contributed by atoms with Crippen molar-refractivity contribution in [3.05, 3.63) is 59.2 Å². The molecule has 0 aromatic heterocycles. The number of benzene rings is 2. The van der Waals surface area contributed by atoms with Gasteiger partial charge in [-0.3, -0.25) is 5.32 Å². The highest BCUT2D eigenvalue weighted by Gasteiger charge is 2.24. The van der Waals surface area contributed by atoms with Crippen molar-refractivity contribution in [3.63, 3.8) is 0 Å². The molecular formula is C28H39N3O2. The van der Waals surface area contributed by atoms with E-state index >= 15 is 0 Å². The molecule has 3 aliphatic rings. The van der Waals surface area contributed by atoms with Crippen molar-refractivity contribution < 1.29 is 9.47 Å². The minimum absolute atomic E-state index is 0.0443. The average molecular weight is 450 g/mol. The first kappa shape index (κ1) is 22.7. The summed E-state index contributed by atoms with van der Waals surface area (Å²) in [6, 6.07) is 15.5. The predicted molar refractivity (Wildman–Crippen MR) is 134 cm³/mol. The zero-order valence-corrected chi connectivity index (χ0v) is 20.0. The molecule has 1 saturated heterocycles. The summed E-state index contributed by atoms with van der Waals surface area (Å²) in [7, 11) is 1.81. The first-order valence-electron chi connectivity index (χ1n) is 12.9. The van der Waals surface area contributed by atoms with E-state index in [9.17, 15) is 0 Å². The Balaban J connectivity index is 1.26. The Morgan fingerprint density at radius 1 is 1.06 bits per heavy atom. The van der Waals surface area contributed by atoms with Crippen molar-refractivity contribution in [2.45, 2.75) is 51.3 Å². The first-order chi connectivity index (χ1) is 16.3. The van der Waals surface area contributed by atoms with Crippen LogP contribution in [0.15, 0.2) is 42.5 Å². The molecule has 2 aliphatic heterocycles. The van der Waals surface area contributed by atoms with Crippen molar-refractivity contribution in [1.29, 1.82) is 0 Å². The Morgan fingerprint density at radius 3 is 2.73 bits per heavy atom. The number of rotatable bonds is 10. The summed E-state index contributed by atoms with van der Waals surface area (Å²) in [5.41, 5.74) is 5.31. The topological polar surface area (TPSA) is 45.8 Å². The smallest absolute Gasteiger partial charge is 0.133 e. The van der Waals surface area contributed by atoms with Gasteiger partial charge in [0.15, 0.2) is 0 Å². The lowest BCUT2D eigenvalue weighted by Gasteiger charge is -2.33. The SMILES string of the molecule is COC(NCC1CCNCC1)c1ccc2c(c1)CCCN2Cc1ccccc1OCC1CC1. The van der Waals surface area contributed by atoms with E-state index in [1.54, 1.807) is 0 Å². The largest absolute Gasteiger partial charge is 0.493 e. The summed E-state index contributed by atoms with van der Waals surface area (Å²) in [6.45, 7) is 6.13. The quantitative estimate of drug-likeness (QED) is 0.517. The summed E-state index contributed by atoms with van der Waals surface area (Å²) in [5, 5.41) is 7.12. The molecule has 1 saturated carbocycles. The molecule has 2 aromatic rings. The molecule has 2 aromatic carbocycles. The van der Waals surface area contributed by atoms with E-state index in [-0.39, 0.29) is 6.23 Å². The van der Waals surface area contributed by atoms with Crippen molar-refractivity contribution >= 4 is 5.69 Å². The zero-order valence-electron chi connectivity index (χ0n) is 20.0. The molecule has 0 bridgehead atoms. The molecule has 2 N–H and O–H groups in total. The third-order valence-corrected chi connectivity index (χ3v) is 7.41. The van der Waals surface area contributed by atoms with E-state index in [2.05, 4.69) is 58.0 Å². The number of hydrogen-bond donors (Lipinski definition) is 2. The van der Waals surface area contributed by atoms with Crippen molar-refractivity contribution in [2.75, 3.05) is 44.8 Å². The van der Waals surface area contributed by atoms with Gasteiger partial charge in [-0.1, -0.05) is 24.3 Å². The lowest BCUT2D eigenvalue weighted by molar-refractivity contribution is 0.0681. The second kappa shape index (κ2) is 10.9. The van der Waals surface area contributed by atoms with Crippen molar-refractivity contribution in [2.24, 2.45) is 11.8 Å². The van der Waals surface area contributed by atoms with E-state index in [1.165, 1.54) is 54.5 Å². The molecule has 2 heterocycles. The van der Waals surface area contributed by atoms with Gasteiger partial charge in [0.2, 0.25) is 0 Å². The number of nitrogens with one attached hydrogen (secondary N) is 2. The third-order valence-electron chi connectivity index (χ3n) is 7.41. The highest BCUT2D eigenvalue weighted by molar-refractivity contribution is 5.58. The zero-order chi connectivity index (χ0) is 22.5. The van der Waals surface area contributed by atoms with Crippen LogP contribution in [0.4, 0.5) is 5.69 Å². The van der Waals surface area contributed by atoms with Crippen molar-refractivity contribution in [1.82, 2.24) is 10.6 Å².